The molecule has 1 aliphatic rings. The highest BCUT2D eigenvalue weighted by Gasteiger charge is 2.22. The average molecular weight is 273 g/mol. The molecular weight excluding hydrogens is 246 g/mol. The van der Waals surface area contributed by atoms with Crippen molar-refractivity contribution in [2.45, 2.75) is 40.7 Å². The normalized spacial score (nSPS) is 16.2. The first-order valence-electron chi connectivity index (χ1n) is 7.61. The number of hydrogen-bond acceptors (Lipinski definition) is 3. The monoisotopic (exact) mass is 273 g/mol. The number of pyridine rings is 1. The van der Waals surface area contributed by atoms with Crippen LogP contribution >= 0.6 is 0 Å². The summed E-state index contributed by atoms with van der Waals surface area (Å²) in [4.78, 5) is 6.99. The summed E-state index contributed by atoms with van der Waals surface area (Å²) in [5.41, 5.74) is 3.16. The summed E-state index contributed by atoms with van der Waals surface area (Å²) in [6.07, 6.45) is 5.42. The molecule has 0 fully saturated rings. The topological polar surface area (TPSA) is 28.2 Å². The van der Waals surface area contributed by atoms with E-state index in [0.717, 1.165) is 38.4 Å². The first-order valence-corrected chi connectivity index (χ1v) is 7.61. The van der Waals surface area contributed by atoms with Crippen LogP contribution in [0.3, 0.4) is 0 Å². The van der Waals surface area contributed by atoms with Crippen molar-refractivity contribution in [2.24, 2.45) is 5.41 Å². The van der Waals surface area contributed by atoms with E-state index >= 15 is 0 Å². The van der Waals surface area contributed by atoms with Gasteiger partial charge in [0.25, 0.3) is 0 Å². The molecule has 110 valence electrons. The lowest BCUT2D eigenvalue weighted by molar-refractivity contribution is 0.472. The summed E-state index contributed by atoms with van der Waals surface area (Å²) in [5.74, 6) is 1.14. The molecule has 0 aromatic carbocycles. The van der Waals surface area contributed by atoms with Crippen LogP contribution in [0.2, 0.25) is 0 Å². The smallest absolute Gasteiger partial charge is 0.133 e. The minimum Gasteiger partial charge on any atom is -0.352 e. The third kappa shape index (κ3) is 3.60. The molecule has 0 aliphatic carbocycles. The van der Waals surface area contributed by atoms with Crippen LogP contribution in [0.15, 0.2) is 30.0 Å². The fourth-order valence-corrected chi connectivity index (χ4v) is 2.66. The lowest BCUT2D eigenvalue weighted by Gasteiger charge is -2.33. The molecule has 3 nitrogen and oxygen atoms in total. The maximum Gasteiger partial charge on any atom is 0.133 e. The summed E-state index contributed by atoms with van der Waals surface area (Å²) in [6, 6.07) is 4.20. The van der Waals surface area contributed by atoms with Crippen molar-refractivity contribution in [1.29, 1.82) is 0 Å². The van der Waals surface area contributed by atoms with Crippen LogP contribution in [-0.4, -0.2) is 24.6 Å². The Hall–Kier alpha value is -1.35. The minimum absolute atomic E-state index is 0.294. The second kappa shape index (κ2) is 6.40. The summed E-state index contributed by atoms with van der Waals surface area (Å²) in [7, 11) is 0. The first-order chi connectivity index (χ1) is 9.52. The van der Waals surface area contributed by atoms with Crippen LogP contribution in [-0.2, 0) is 6.54 Å². The second-order valence-electron chi connectivity index (χ2n) is 6.44. The fourth-order valence-electron chi connectivity index (χ4n) is 2.66. The summed E-state index contributed by atoms with van der Waals surface area (Å²) in [5, 5.41) is 3.39. The largest absolute Gasteiger partial charge is 0.352 e. The lowest BCUT2D eigenvalue weighted by Crippen LogP contribution is -2.33. The number of anilines is 1. The molecule has 0 spiro atoms. The third-order valence-electron chi connectivity index (χ3n) is 3.90. The van der Waals surface area contributed by atoms with Crippen LogP contribution in [0.5, 0.6) is 0 Å². The summed E-state index contributed by atoms with van der Waals surface area (Å²) < 4.78 is 0. The molecule has 2 rings (SSSR count). The molecule has 0 bridgehead atoms. The molecule has 1 aromatic heterocycles. The van der Waals surface area contributed by atoms with Crippen molar-refractivity contribution in [3.63, 3.8) is 0 Å². The van der Waals surface area contributed by atoms with Crippen molar-refractivity contribution in [3.8, 4) is 0 Å². The molecule has 2 heterocycles. The van der Waals surface area contributed by atoms with E-state index in [9.17, 15) is 0 Å². The Kier molecular flexibility index (Phi) is 4.81. The van der Waals surface area contributed by atoms with Gasteiger partial charge in [-0.2, -0.15) is 0 Å². The fraction of sp³-hybridized carbons (Fsp3) is 0.588. The van der Waals surface area contributed by atoms with Gasteiger partial charge in [0.15, 0.2) is 0 Å². The average Bonchev–Trinajstić information content (AvgIpc) is 2.45. The van der Waals surface area contributed by atoms with Crippen molar-refractivity contribution in [3.05, 3.63) is 35.5 Å². The zero-order chi connectivity index (χ0) is 14.6. The highest BCUT2D eigenvalue weighted by molar-refractivity contribution is 5.48. The minimum atomic E-state index is 0.294. The second-order valence-corrected chi connectivity index (χ2v) is 6.44. The molecule has 1 aliphatic heterocycles. The van der Waals surface area contributed by atoms with Crippen molar-refractivity contribution in [2.75, 3.05) is 24.5 Å². The molecule has 0 unspecified atom stereocenters. The zero-order valence-electron chi connectivity index (χ0n) is 13.2. The predicted octanol–water partition coefficient (Wildman–Crippen LogP) is 3.37. The van der Waals surface area contributed by atoms with Crippen LogP contribution in [0.4, 0.5) is 5.82 Å². The molecular formula is C17H27N3. The van der Waals surface area contributed by atoms with Gasteiger partial charge in [0.05, 0.1) is 0 Å². The van der Waals surface area contributed by atoms with E-state index in [1.54, 1.807) is 5.57 Å². The molecule has 20 heavy (non-hydrogen) atoms. The number of nitrogens with one attached hydrogen (secondary N) is 1. The van der Waals surface area contributed by atoms with Crippen LogP contribution in [0.1, 0.15) is 39.7 Å². The highest BCUT2D eigenvalue weighted by Crippen LogP contribution is 2.31. The molecule has 0 radical (unpaired) electrons. The van der Waals surface area contributed by atoms with Gasteiger partial charge in [-0.25, -0.2) is 4.98 Å². The standard InChI is InChI=1S/C17H27N3/c1-5-18-13-14-7-6-10-19-16(14)20-11-8-15(9-12-20)17(2,3)4/h6-8,10,18H,5,9,11-13H2,1-4H3. The quantitative estimate of drug-likeness (QED) is 0.853. The number of hydrogen-bond donors (Lipinski definition) is 1. The number of aromatic nitrogens is 1. The first kappa shape index (κ1) is 15.0. The molecule has 1 aromatic rings. The van der Waals surface area contributed by atoms with Gasteiger partial charge < -0.3 is 10.2 Å². The number of nitrogens with zero attached hydrogens (tertiary/aromatic N) is 2. The Labute approximate surface area is 123 Å². The lowest BCUT2D eigenvalue weighted by atomic mass is 9.83. The van der Waals surface area contributed by atoms with Crippen LogP contribution < -0.4 is 10.2 Å². The summed E-state index contributed by atoms with van der Waals surface area (Å²) in [6.45, 7) is 13.0. The van der Waals surface area contributed by atoms with E-state index in [1.807, 2.05) is 12.3 Å². The van der Waals surface area contributed by atoms with Gasteiger partial charge in [0, 0.05) is 31.4 Å². The Morgan fingerprint density at radius 1 is 1.35 bits per heavy atom. The molecule has 3 heteroatoms. The summed E-state index contributed by atoms with van der Waals surface area (Å²) >= 11 is 0. The van der Waals surface area contributed by atoms with Gasteiger partial charge in [-0.3, -0.25) is 0 Å². The molecule has 1 N–H and O–H groups in total. The van der Waals surface area contributed by atoms with E-state index in [2.05, 4.69) is 55.0 Å². The molecule has 0 atom stereocenters. The van der Waals surface area contributed by atoms with Gasteiger partial charge in [0.2, 0.25) is 0 Å². The molecule has 0 amide bonds. The van der Waals surface area contributed by atoms with Gasteiger partial charge in [-0.15, -0.1) is 0 Å². The number of rotatable bonds is 4. The Morgan fingerprint density at radius 3 is 2.75 bits per heavy atom. The van der Waals surface area contributed by atoms with Crippen LogP contribution in [0.25, 0.3) is 0 Å². The van der Waals surface area contributed by atoms with Gasteiger partial charge >= 0.3 is 0 Å². The van der Waals surface area contributed by atoms with E-state index in [-0.39, 0.29) is 0 Å². The predicted molar refractivity (Wildman–Crippen MR) is 86.0 cm³/mol. The van der Waals surface area contributed by atoms with Crippen LogP contribution in [0, 0.1) is 5.41 Å². The Morgan fingerprint density at radius 2 is 2.15 bits per heavy atom. The van der Waals surface area contributed by atoms with E-state index in [0.29, 0.717) is 5.41 Å². The maximum atomic E-state index is 4.60. The van der Waals surface area contributed by atoms with Crippen molar-refractivity contribution >= 4 is 5.82 Å². The van der Waals surface area contributed by atoms with E-state index in [1.165, 1.54) is 5.56 Å². The van der Waals surface area contributed by atoms with E-state index < -0.39 is 0 Å². The SMILES string of the molecule is CCNCc1cccnc1N1CC=C(C(C)(C)C)CC1. The van der Waals surface area contributed by atoms with Gasteiger partial charge in [-0.05, 0) is 24.4 Å². The highest BCUT2D eigenvalue weighted by atomic mass is 15.2. The zero-order valence-corrected chi connectivity index (χ0v) is 13.2. The Balaban J connectivity index is 2.12. The van der Waals surface area contributed by atoms with Gasteiger partial charge in [0.1, 0.15) is 5.82 Å². The van der Waals surface area contributed by atoms with E-state index in [4.69, 9.17) is 0 Å². The third-order valence-corrected chi connectivity index (χ3v) is 3.90. The van der Waals surface area contributed by atoms with Gasteiger partial charge in [-0.1, -0.05) is 45.4 Å². The maximum absolute atomic E-state index is 4.60. The van der Waals surface area contributed by atoms with Crippen molar-refractivity contribution in [1.82, 2.24) is 10.3 Å². The Bertz CT molecular complexity index is 471. The molecule has 0 saturated heterocycles. The van der Waals surface area contributed by atoms with Crippen molar-refractivity contribution < 1.29 is 0 Å². The molecule has 0 saturated carbocycles.